The van der Waals surface area contributed by atoms with Gasteiger partial charge in [-0.15, -0.1) is 0 Å². The van der Waals surface area contributed by atoms with Crippen LogP contribution in [-0.4, -0.2) is 28.6 Å². The molecule has 0 aliphatic carbocycles. The summed E-state index contributed by atoms with van der Waals surface area (Å²) in [4.78, 5) is 0. The largest absolute Gasteiger partial charge is 0.500 e. The summed E-state index contributed by atoms with van der Waals surface area (Å²) in [5, 5.41) is 0. The van der Waals surface area contributed by atoms with Gasteiger partial charge in [-0.25, -0.2) is 0 Å². The highest BCUT2D eigenvalue weighted by atomic mass is 28.4. The van der Waals surface area contributed by atoms with E-state index in [4.69, 9.17) is 13.3 Å². The van der Waals surface area contributed by atoms with E-state index < -0.39 is 8.80 Å². The average molecular weight is 537 g/mol. The van der Waals surface area contributed by atoms with Gasteiger partial charge in [0.25, 0.3) is 0 Å². The van der Waals surface area contributed by atoms with Crippen molar-refractivity contribution in [2.45, 2.75) is 72.3 Å². The molecule has 17 heteroatoms. The zero-order valence-electron chi connectivity index (χ0n) is 18.1. The number of hydrogen-bond donors (Lipinski definition) is 0. The van der Waals surface area contributed by atoms with Gasteiger partial charge in [0, 0.05) is 25.9 Å². The average Bonchev–Trinajstić information content (AvgIpc) is 2.35. The van der Waals surface area contributed by atoms with E-state index in [0.717, 1.165) is 12.5 Å². The van der Waals surface area contributed by atoms with Crippen molar-refractivity contribution in [1.82, 2.24) is 0 Å². The Labute approximate surface area is 176 Å². The molecule has 0 N–H and O–H groups in total. The molecule has 0 aromatic rings. The molecule has 0 fully saturated rings. The van der Waals surface area contributed by atoms with E-state index in [9.17, 15) is 0 Å². The molecule has 0 aliphatic rings. The SMILES string of the molecule is CCCCCCCC[Si](OCC)(OCC)OCC.F.F.F.F.F.F.F.F.F.F.F.F.F. The van der Waals surface area contributed by atoms with Gasteiger partial charge < -0.3 is 13.3 Å². The first-order valence-electron chi connectivity index (χ1n) is 7.66. The fourth-order valence-corrected chi connectivity index (χ4v) is 4.81. The topological polar surface area (TPSA) is 27.7 Å². The summed E-state index contributed by atoms with van der Waals surface area (Å²) in [6, 6.07) is 0.967. The molecule has 214 valence electrons. The quantitative estimate of drug-likeness (QED) is 0.155. The number of unbranched alkanes of at least 4 members (excludes halogenated alkanes) is 5. The minimum Gasteiger partial charge on any atom is -0.374 e. The molecule has 0 heterocycles. The molecular weight excluding hydrogens is 491 g/mol. The Balaban J connectivity index is -0.0000000185. The maximum atomic E-state index is 5.83. The van der Waals surface area contributed by atoms with Crippen molar-refractivity contribution in [3.05, 3.63) is 0 Å². The Morgan fingerprint density at radius 1 is 0.387 bits per heavy atom. The van der Waals surface area contributed by atoms with Gasteiger partial charge in [-0.3, -0.25) is 61.2 Å². The molecule has 0 aromatic heterocycles. The summed E-state index contributed by atoms with van der Waals surface area (Å²) >= 11 is 0. The van der Waals surface area contributed by atoms with Gasteiger partial charge in [0.05, 0.1) is 0 Å². The van der Waals surface area contributed by atoms with Gasteiger partial charge in [0.2, 0.25) is 0 Å². The lowest BCUT2D eigenvalue weighted by molar-refractivity contribution is 0.0706. The van der Waals surface area contributed by atoms with Crippen LogP contribution in [0.2, 0.25) is 6.04 Å². The van der Waals surface area contributed by atoms with E-state index in [1.165, 1.54) is 32.1 Å². The molecule has 0 unspecified atom stereocenters. The van der Waals surface area contributed by atoms with Crippen LogP contribution in [0.15, 0.2) is 0 Å². The molecule has 0 aliphatic heterocycles. The van der Waals surface area contributed by atoms with Crippen LogP contribution >= 0.6 is 0 Å². The predicted octanol–water partition coefficient (Wildman–Crippen LogP) is 6.38. The molecule has 31 heavy (non-hydrogen) atoms. The smallest absolute Gasteiger partial charge is 0.374 e. The van der Waals surface area contributed by atoms with Gasteiger partial charge in [-0.2, -0.15) is 0 Å². The summed E-state index contributed by atoms with van der Waals surface area (Å²) in [6.07, 6.45) is 7.75. The molecule has 0 radical (unpaired) electrons. The van der Waals surface area contributed by atoms with Crippen LogP contribution in [0.1, 0.15) is 66.2 Å². The Kier molecular flexibility index (Phi) is 222. The summed E-state index contributed by atoms with van der Waals surface area (Å²) in [7, 11) is -2.36. The fourth-order valence-electron chi connectivity index (χ4n) is 2.12. The zero-order valence-corrected chi connectivity index (χ0v) is 19.1. The highest BCUT2D eigenvalue weighted by molar-refractivity contribution is 6.60. The lowest BCUT2D eigenvalue weighted by Gasteiger charge is -2.28. The summed E-state index contributed by atoms with van der Waals surface area (Å²) in [5.41, 5.74) is 0. The van der Waals surface area contributed by atoms with Crippen molar-refractivity contribution in [3.63, 3.8) is 0 Å². The van der Waals surface area contributed by atoms with E-state index in [2.05, 4.69) is 6.92 Å². The van der Waals surface area contributed by atoms with E-state index in [1.54, 1.807) is 0 Å². The number of hydrogen-bond acceptors (Lipinski definition) is 3. The summed E-state index contributed by atoms with van der Waals surface area (Å²) in [6.45, 7) is 10.3. The van der Waals surface area contributed by atoms with Crippen LogP contribution in [0.5, 0.6) is 0 Å². The second-order valence-electron chi connectivity index (χ2n) is 4.50. The van der Waals surface area contributed by atoms with Crippen LogP contribution in [0.3, 0.4) is 0 Å². The Morgan fingerprint density at radius 2 is 0.645 bits per heavy atom. The van der Waals surface area contributed by atoms with E-state index in [0.29, 0.717) is 19.8 Å². The molecule has 0 saturated heterocycles. The van der Waals surface area contributed by atoms with E-state index >= 15 is 0 Å². The molecule has 0 aromatic carbocycles. The number of halogens is 13. The van der Waals surface area contributed by atoms with Gasteiger partial charge >= 0.3 is 8.80 Å². The van der Waals surface area contributed by atoms with Crippen molar-refractivity contribution in [2.75, 3.05) is 19.8 Å². The van der Waals surface area contributed by atoms with E-state index in [1.807, 2.05) is 20.8 Å². The van der Waals surface area contributed by atoms with Crippen LogP contribution in [0, 0.1) is 0 Å². The molecule has 0 bridgehead atoms. The van der Waals surface area contributed by atoms with Gasteiger partial charge in [-0.05, 0) is 27.2 Å². The zero-order chi connectivity index (χ0) is 13.7. The second-order valence-corrected chi connectivity index (χ2v) is 7.23. The molecule has 0 amide bonds. The normalized spacial score (nSPS) is 6.97. The highest BCUT2D eigenvalue weighted by Gasteiger charge is 2.39. The highest BCUT2D eigenvalue weighted by Crippen LogP contribution is 2.20. The van der Waals surface area contributed by atoms with Crippen LogP contribution < -0.4 is 0 Å². The summed E-state index contributed by atoms with van der Waals surface area (Å²) < 4.78 is 17.5. The van der Waals surface area contributed by atoms with Gasteiger partial charge in [0.15, 0.2) is 0 Å². The van der Waals surface area contributed by atoms with Crippen molar-refractivity contribution < 1.29 is 74.4 Å². The standard InChI is InChI=1S/C14H32O3Si.13FH/c1-5-9-10-11-12-13-14-18(15-6-2,16-7-3)17-8-4;;;;;;;;;;;;;/h5-14H2,1-4H3;13*1H. The van der Waals surface area contributed by atoms with Crippen LogP contribution in [0.25, 0.3) is 0 Å². The lowest BCUT2D eigenvalue weighted by Crippen LogP contribution is -2.45. The van der Waals surface area contributed by atoms with Crippen molar-refractivity contribution in [1.29, 1.82) is 0 Å². The minimum atomic E-state index is -2.36. The maximum Gasteiger partial charge on any atom is 0.500 e. The third-order valence-electron chi connectivity index (χ3n) is 2.93. The third-order valence-corrected chi connectivity index (χ3v) is 6.08. The molecule has 0 rings (SSSR count). The first kappa shape index (κ1) is 98.1. The predicted molar refractivity (Wildman–Crippen MR) is 111 cm³/mol. The van der Waals surface area contributed by atoms with Crippen molar-refractivity contribution >= 4 is 8.80 Å². The first-order chi connectivity index (χ1) is 8.74. The Morgan fingerprint density at radius 3 is 0.903 bits per heavy atom. The Hall–Kier alpha value is -0.813. The molecular formula is C14H45F13O3Si. The monoisotopic (exact) mass is 536 g/mol. The second kappa shape index (κ2) is 70.1. The number of rotatable bonds is 13. The molecule has 3 nitrogen and oxygen atoms in total. The Bertz CT molecular complexity index is 190. The minimum absolute atomic E-state index is 0. The fraction of sp³-hybridized carbons (Fsp3) is 1.00. The summed E-state index contributed by atoms with van der Waals surface area (Å²) in [5.74, 6) is 0. The molecule has 0 saturated carbocycles. The van der Waals surface area contributed by atoms with Crippen molar-refractivity contribution in [2.24, 2.45) is 0 Å². The first-order valence-corrected chi connectivity index (χ1v) is 9.59. The third kappa shape index (κ3) is 52.9. The van der Waals surface area contributed by atoms with Crippen LogP contribution in [-0.2, 0) is 13.3 Å². The van der Waals surface area contributed by atoms with Crippen LogP contribution in [0.4, 0.5) is 61.2 Å². The molecule has 0 spiro atoms. The van der Waals surface area contributed by atoms with Crippen molar-refractivity contribution in [3.8, 4) is 0 Å². The lowest BCUT2D eigenvalue weighted by atomic mass is 10.1. The van der Waals surface area contributed by atoms with Gasteiger partial charge in [0.1, 0.15) is 0 Å². The van der Waals surface area contributed by atoms with E-state index in [-0.39, 0.29) is 61.2 Å². The maximum absolute atomic E-state index is 5.83. The molecule has 0 atom stereocenters. The van der Waals surface area contributed by atoms with Gasteiger partial charge in [-0.1, -0.05) is 39.0 Å².